The molecule has 3 heterocycles. The minimum Gasteiger partial charge on any atom is -0.486 e. The number of hydrogen-bond donors (Lipinski definition) is 1. The van der Waals surface area contributed by atoms with Gasteiger partial charge in [-0.25, -0.2) is 0 Å². The van der Waals surface area contributed by atoms with E-state index in [2.05, 4.69) is 28.4 Å². The van der Waals surface area contributed by atoms with Gasteiger partial charge in [0, 0.05) is 19.0 Å². The fraction of sp³-hybridized carbons (Fsp3) is 0.400. The van der Waals surface area contributed by atoms with Crippen molar-refractivity contribution in [3.05, 3.63) is 40.8 Å². The standard InChI is InChI=1S/C20H21N3O3S/c21-13-15-6-11-27-20(15)22-19(24)5-8-23-7-1-2-16(23)14-3-4-17-18(12-14)26-10-9-25-17/h3-4,6,11-12,16H,1-2,5,7-10H2,(H,22,24)/t16-/m0/s1. The van der Waals surface area contributed by atoms with Crippen molar-refractivity contribution in [1.29, 1.82) is 5.26 Å². The van der Waals surface area contributed by atoms with Gasteiger partial charge < -0.3 is 14.8 Å². The van der Waals surface area contributed by atoms with Crippen molar-refractivity contribution < 1.29 is 14.3 Å². The van der Waals surface area contributed by atoms with E-state index in [4.69, 9.17) is 14.7 Å². The minimum atomic E-state index is -0.0539. The molecule has 1 N–H and O–H groups in total. The molecule has 1 atom stereocenters. The Balaban J connectivity index is 1.37. The van der Waals surface area contributed by atoms with Crippen molar-refractivity contribution in [3.8, 4) is 17.6 Å². The first-order chi connectivity index (χ1) is 13.2. The highest BCUT2D eigenvalue weighted by Crippen LogP contribution is 2.38. The Morgan fingerprint density at radius 2 is 2.15 bits per heavy atom. The van der Waals surface area contributed by atoms with E-state index in [-0.39, 0.29) is 5.91 Å². The van der Waals surface area contributed by atoms with E-state index in [0.717, 1.165) is 30.9 Å². The van der Waals surface area contributed by atoms with E-state index in [9.17, 15) is 4.79 Å². The van der Waals surface area contributed by atoms with E-state index >= 15 is 0 Å². The average molecular weight is 383 g/mol. The van der Waals surface area contributed by atoms with Crippen molar-refractivity contribution in [3.63, 3.8) is 0 Å². The first kappa shape index (κ1) is 17.8. The Hall–Kier alpha value is -2.56. The second-order valence-electron chi connectivity index (χ2n) is 6.67. The van der Waals surface area contributed by atoms with Crippen LogP contribution in [0.5, 0.6) is 11.5 Å². The smallest absolute Gasteiger partial charge is 0.226 e. The SMILES string of the molecule is N#Cc1ccsc1NC(=O)CCN1CCC[C@H]1c1ccc2c(c1)OCCO2. The van der Waals surface area contributed by atoms with Gasteiger partial charge in [0.2, 0.25) is 5.91 Å². The first-order valence-electron chi connectivity index (χ1n) is 9.15. The lowest BCUT2D eigenvalue weighted by Crippen LogP contribution is -2.28. The summed E-state index contributed by atoms with van der Waals surface area (Å²) in [7, 11) is 0. The van der Waals surface area contributed by atoms with Gasteiger partial charge in [-0.05, 0) is 48.5 Å². The summed E-state index contributed by atoms with van der Waals surface area (Å²) in [6, 6.07) is 10.3. The predicted octanol–water partition coefficient (Wildman–Crippen LogP) is 3.56. The molecule has 1 saturated heterocycles. The Morgan fingerprint density at radius 1 is 1.30 bits per heavy atom. The second-order valence-corrected chi connectivity index (χ2v) is 7.59. The zero-order chi connectivity index (χ0) is 18.6. The number of hydrogen-bond acceptors (Lipinski definition) is 6. The maximum Gasteiger partial charge on any atom is 0.226 e. The molecule has 2 aromatic rings. The van der Waals surface area contributed by atoms with Crippen molar-refractivity contribution in [2.75, 3.05) is 31.6 Å². The molecule has 0 bridgehead atoms. The van der Waals surface area contributed by atoms with Crippen LogP contribution in [-0.2, 0) is 4.79 Å². The summed E-state index contributed by atoms with van der Waals surface area (Å²) in [5.41, 5.74) is 1.73. The number of fused-ring (bicyclic) bond motifs is 1. The van der Waals surface area contributed by atoms with E-state index in [1.807, 2.05) is 11.4 Å². The number of ether oxygens (including phenoxy) is 2. The van der Waals surface area contributed by atoms with Crippen LogP contribution in [0.3, 0.4) is 0 Å². The summed E-state index contributed by atoms with van der Waals surface area (Å²) in [6.45, 7) is 2.85. The molecule has 2 aliphatic rings. The zero-order valence-corrected chi connectivity index (χ0v) is 15.8. The summed E-state index contributed by atoms with van der Waals surface area (Å²) >= 11 is 1.38. The second kappa shape index (κ2) is 7.99. The van der Waals surface area contributed by atoms with Crippen LogP contribution in [0.2, 0.25) is 0 Å². The number of nitrogens with zero attached hydrogens (tertiary/aromatic N) is 2. The molecule has 0 unspecified atom stereocenters. The number of rotatable bonds is 5. The van der Waals surface area contributed by atoms with Gasteiger partial charge in [0.25, 0.3) is 0 Å². The van der Waals surface area contributed by atoms with E-state index in [1.165, 1.54) is 16.9 Å². The van der Waals surface area contributed by atoms with Crippen LogP contribution in [0.25, 0.3) is 0 Å². The van der Waals surface area contributed by atoms with E-state index in [1.54, 1.807) is 6.07 Å². The highest BCUT2D eigenvalue weighted by Gasteiger charge is 2.27. The van der Waals surface area contributed by atoms with E-state index < -0.39 is 0 Å². The number of nitrogens with one attached hydrogen (secondary N) is 1. The highest BCUT2D eigenvalue weighted by atomic mass is 32.1. The summed E-state index contributed by atoms with van der Waals surface area (Å²) in [5.74, 6) is 1.56. The van der Waals surface area contributed by atoms with Crippen molar-refractivity contribution in [2.24, 2.45) is 0 Å². The van der Waals surface area contributed by atoms with Gasteiger partial charge in [0.05, 0.1) is 5.56 Å². The number of nitriles is 1. The molecule has 1 aromatic carbocycles. The Kier molecular flexibility index (Phi) is 5.28. The lowest BCUT2D eigenvalue weighted by Gasteiger charge is -2.26. The number of benzene rings is 1. The van der Waals surface area contributed by atoms with Gasteiger partial charge in [-0.3, -0.25) is 9.69 Å². The van der Waals surface area contributed by atoms with Crippen molar-refractivity contribution in [1.82, 2.24) is 4.90 Å². The molecule has 140 valence electrons. The Morgan fingerprint density at radius 3 is 3.00 bits per heavy atom. The zero-order valence-electron chi connectivity index (χ0n) is 14.9. The van der Waals surface area contributed by atoms with Crippen molar-refractivity contribution >= 4 is 22.2 Å². The minimum absolute atomic E-state index is 0.0539. The molecule has 2 aliphatic heterocycles. The fourth-order valence-electron chi connectivity index (χ4n) is 3.67. The monoisotopic (exact) mass is 383 g/mol. The lowest BCUT2D eigenvalue weighted by molar-refractivity contribution is -0.116. The maximum atomic E-state index is 12.3. The van der Waals surface area contributed by atoms with Crippen molar-refractivity contribution in [2.45, 2.75) is 25.3 Å². The third kappa shape index (κ3) is 3.92. The molecular formula is C20H21N3O3S. The van der Waals surface area contributed by atoms with Crippen LogP contribution in [0.4, 0.5) is 5.00 Å². The van der Waals surface area contributed by atoms with Gasteiger partial charge in [0.1, 0.15) is 24.3 Å². The molecule has 1 aromatic heterocycles. The molecule has 7 heteroatoms. The normalized spacial score (nSPS) is 18.9. The third-order valence-electron chi connectivity index (χ3n) is 4.98. The summed E-state index contributed by atoms with van der Waals surface area (Å²) in [6.07, 6.45) is 2.60. The highest BCUT2D eigenvalue weighted by molar-refractivity contribution is 7.14. The maximum absolute atomic E-state index is 12.3. The lowest BCUT2D eigenvalue weighted by atomic mass is 10.0. The Bertz CT molecular complexity index is 874. The predicted molar refractivity (Wildman–Crippen MR) is 103 cm³/mol. The molecule has 27 heavy (non-hydrogen) atoms. The van der Waals surface area contributed by atoms with Gasteiger partial charge in [-0.15, -0.1) is 11.3 Å². The van der Waals surface area contributed by atoms with E-state index in [0.29, 0.717) is 42.8 Å². The molecule has 1 amide bonds. The topological polar surface area (TPSA) is 74.6 Å². The molecule has 4 rings (SSSR count). The summed E-state index contributed by atoms with van der Waals surface area (Å²) in [5, 5.41) is 14.3. The quantitative estimate of drug-likeness (QED) is 0.855. The van der Waals surface area contributed by atoms with Gasteiger partial charge in [0.15, 0.2) is 11.5 Å². The van der Waals surface area contributed by atoms with Crippen LogP contribution < -0.4 is 14.8 Å². The third-order valence-corrected chi connectivity index (χ3v) is 5.81. The molecular weight excluding hydrogens is 362 g/mol. The molecule has 6 nitrogen and oxygen atoms in total. The molecule has 0 aliphatic carbocycles. The molecule has 0 radical (unpaired) electrons. The molecule has 0 saturated carbocycles. The Labute approximate surface area is 162 Å². The summed E-state index contributed by atoms with van der Waals surface area (Å²) in [4.78, 5) is 14.6. The van der Waals surface area contributed by atoms with Gasteiger partial charge in [-0.1, -0.05) is 6.07 Å². The number of thiophene rings is 1. The van der Waals surface area contributed by atoms with Crippen LogP contribution in [0.1, 0.15) is 36.4 Å². The van der Waals surface area contributed by atoms with Gasteiger partial charge >= 0.3 is 0 Å². The number of carbonyl (C=O) groups excluding carboxylic acids is 1. The summed E-state index contributed by atoms with van der Waals surface area (Å²) < 4.78 is 11.3. The number of carbonyl (C=O) groups is 1. The first-order valence-corrected chi connectivity index (χ1v) is 10.0. The number of likely N-dealkylation sites (tertiary alicyclic amines) is 1. The number of amides is 1. The molecule has 0 spiro atoms. The van der Waals surface area contributed by atoms with Gasteiger partial charge in [-0.2, -0.15) is 5.26 Å². The average Bonchev–Trinajstić information content (AvgIpc) is 3.35. The molecule has 1 fully saturated rings. The van der Waals surface area contributed by atoms with Crippen LogP contribution in [-0.4, -0.2) is 37.1 Å². The van der Waals surface area contributed by atoms with Crippen LogP contribution >= 0.6 is 11.3 Å². The fourth-order valence-corrected chi connectivity index (χ4v) is 4.42. The van der Waals surface area contributed by atoms with Crippen LogP contribution in [0.15, 0.2) is 29.6 Å². The van der Waals surface area contributed by atoms with Crippen LogP contribution in [0, 0.1) is 11.3 Å². The largest absolute Gasteiger partial charge is 0.486 e. The number of anilines is 1.